The van der Waals surface area contributed by atoms with Crippen LogP contribution in [0.5, 0.6) is 0 Å². The molecule has 0 spiro atoms. The van der Waals surface area contributed by atoms with Crippen LogP contribution in [0.1, 0.15) is 25.8 Å². The van der Waals surface area contributed by atoms with E-state index in [1.54, 1.807) is 13.8 Å². The second-order valence-corrected chi connectivity index (χ2v) is 8.39. The summed E-state index contributed by atoms with van der Waals surface area (Å²) in [6, 6.07) is 7.81. The molecule has 0 aromatic heterocycles. The van der Waals surface area contributed by atoms with Crippen LogP contribution in [0.2, 0.25) is 0 Å². The lowest BCUT2D eigenvalue weighted by Crippen LogP contribution is -2.28. The molecule has 1 aromatic carbocycles. The number of halogens is 1. The first-order chi connectivity index (χ1) is 8.31. The predicted molar refractivity (Wildman–Crippen MR) is 79.4 cm³/mol. The molecule has 1 atom stereocenters. The summed E-state index contributed by atoms with van der Waals surface area (Å²) >= 11 is 3.41. The summed E-state index contributed by atoms with van der Waals surface area (Å²) in [6.45, 7) is 3.41. The molecule has 0 heterocycles. The third-order valence-electron chi connectivity index (χ3n) is 2.88. The van der Waals surface area contributed by atoms with Gasteiger partial charge in [0.2, 0.25) is 0 Å². The molecule has 102 valence electrons. The summed E-state index contributed by atoms with van der Waals surface area (Å²) in [5.74, 6) is 0.167. The van der Waals surface area contributed by atoms with Crippen molar-refractivity contribution in [3.63, 3.8) is 0 Å². The lowest BCUT2D eigenvalue weighted by atomic mass is 10.1. The molecule has 1 aromatic rings. The Hall–Kier alpha value is -0.390. The van der Waals surface area contributed by atoms with E-state index >= 15 is 0 Å². The Kier molecular flexibility index (Phi) is 5.82. The van der Waals surface area contributed by atoms with E-state index in [1.165, 1.54) is 0 Å². The third-order valence-corrected chi connectivity index (χ3v) is 5.61. The average Bonchev–Trinajstić information content (AvgIpc) is 2.26. The lowest BCUT2D eigenvalue weighted by Gasteiger charge is -2.13. The minimum Gasteiger partial charge on any atom is -0.327 e. The summed E-state index contributed by atoms with van der Waals surface area (Å²) in [5.41, 5.74) is 7.11. The van der Waals surface area contributed by atoms with E-state index in [0.29, 0.717) is 12.8 Å². The van der Waals surface area contributed by atoms with Crippen LogP contribution in [0.15, 0.2) is 28.7 Å². The smallest absolute Gasteiger partial charge is 0.152 e. The van der Waals surface area contributed by atoms with Gasteiger partial charge in [-0.25, -0.2) is 8.42 Å². The van der Waals surface area contributed by atoms with Gasteiger partial charge in [0, 0.05) is 10.5 Å². The van der Waals surface area contributed by atoms with Gasteiger partial charge < -0.3 is 5.73 Å². The molecule has 3 nitrogen and oxygen atoms in total. The Labute approximate surface area is 118 Å². The summed E-state index contributed by atoms with van der Waals surface area (Å²) in [7, 11) is -2.98. The van der Waals surface area contributed by atoms with Gasteiger partial charge in [-0.3, -0.25) is 0 Å². The van der Waals surface area contributed by atoms with Crippen molar-refractivity contribution in [1.29, 1.82) is 0 Å². The van der Waals surface area contributed by atoms with Gasteiger partial charge >= 0.3 is 0 Å². The summed E-state index contributed by atoms with van der Waals surface area (Å²) in [4.78, 5) is 0. The van der Waals surface area contributed by atoms with E-state index in [-0.39, 0.29) is 17.0 Å². The standard InChI is InChI=1S/C13H20BrNO2S/c1-10(2)18(16,17)7-6-13(15)9-11-4-3-5-12(14)8-11/h3-5,8,10,13H,6-7,9,15H2,1-2H3. The number of nitrogens with two attached hydrogens (primary N) is 1. The molecular formula is C13H20BrNO2S. The van der Waals surface area contributed by atoms with Crippen LogP contribution in [0.4, 0.5) is 0 Å². The third kappa shape index (κ3) is 5.08. The SMILES string of the molecule is CC(C)S(=O)(=O)CCC(N)Cc1cccc(Br)c1. The molecule has 0 saturated heterocycles. The number of hydrogen-bond acceptors (Lipinski definition) is 3. The van der Waals surface area contributed by atoms with E-state index < -0.39 is 9.84 Å². The van der Waals surface area contributed by atoms with Crippen molar-refractivity contribution in [2.24, 2.45) is 5.73 Å². The molecule has 1 unspecified atom stereocenters. The largest absolute Gasteiger partial charge is 0.327 e. The van der Waals surface area contributed by atoms with Crippen molar-refractivity contribution in [2.45, 2.75) is 38.0 Å². The zero-order valence-electron chi connectivity index (χ0n) is 10.8. The topological polar surface area (TPSA) is 60.2 Å². The summed E-state index contributed by atoms with van der Waals surface area (Å²) in [5, 5.41) is -0.324. The van der Waals surface area contributed by atoms with Gasteiger partial charge in [0.1, 0.15) is 0 Å². The number of rotatable bonds is 6. The Balaban J connectivity index is 2.50. The number of benzene rings is 1. The monoisotopic (exact) mass is 333 g/mol. The first-order valence-corrected chi connectivity index (χ1v) is 8.53. The van der Waals surface area contributed by atoms with Crippen LogP contribution in [-0.4, -0.2) is 25.5 Å². The maximum absolute atomic E-state index is 11.7. The van der Waals surface area contributed by atoms with E-state index in [0.717, 1.165) is 10.0 Å². The van der Waals surface area contributed by atoms with Gasteiger partial charge in [0.05, 0.1) is 11.0 Å². The zero-order valence-corrected chi connectivity index (χ0v) is 13.2. The second kappa shape index (κ2) is 6.68. The Morgan fingerprint density at radius 2 is 2.00 bits per heavy atom. The molecule has 5 heteroatoms. The second-order valence-electron chi connectivity index (χ2n) is 4.80. The van der Waals surface area contributed by atoms with Crippen molar-refractivity contribution in [3.05, 3.63) is 34.3 Å². The summed E-state index contributed by atoms with van der Waals surface area (Å²) in [6.07, 6.45) is 1.21. The van der Waals surface area contributed by atoms with Gasteiger partial charge in [-0.1, -0.05) is 28.1 Å². The van der Waals surface area contributed by atoms with Crippen LogP contribution in [0.25, 0.3) is 0 Å². The van der Waals surface area contributed by atoms with E-state index in [1.807, 2.05) is 24.3 Å². The Morgan fingerprint density at radius 1 is 1.33 bits per heavy atom. The van der Waals surface area contributed by atoms with Crippen LogP contribution < -0.4 is 5.73 Å². The van der Waals surface area contributed by atoms with Crippen LogP contribution >= 0.6 is 15.9 Å². The Bertz CT molecular complexity index is 486. The van der Waals surface area contributed by atoms with Crippen molar-refractivity contribution < 1.29 is 8.42 Å². The van der Waals surface area contributed by atoms with Crippen molar-refractivity contribution in [1.82, 2.24) is 0 Å². The molecule has 0 bridgehead atoms. The molecule has 0 aliphatic rings. The first-order valence-electron chi connectivity index (χ1n) is 6.03. The molecule has 0 amide bonds. The minimum absolute atomic E-state index is 0.118. The Morgan fingerprint density at radius 3 is 2.56 bits per heavy atom. The molecule has 0 radical (unpaired) electrons. The van der Waals surface area contributed by atoms with Gasteiger partial charge in [-0.15, -0.1) is 0 Å². The van der Waals surface area contributed by atoms with Gasteiger partial charge in [-0.2, -0.15) is 0 Å². The van der Waals surface area contributed by atoms with Gasteiger partial charge in [0.25, 0.3) is 0 Å². The van der Waals surface area contributed by atoms with Crippen LogP contribution in [0.3, 0.4) is 0 Å². The van der Waals surface area contributed by atoms with Gasteiger partial charge in [0.15, 0.2) is 9.84 Å². The average molecular weight is 334 g/mol. The van der Waals surface area contributed by atoms with Crippen molar-refractivity contribution in [3.8, 4) is 0 Å². The molecule has 1 rings (SSSR count). The van der Waals surface area contributed by atoms with Crippen LogP contribution in [-0.2, 0) is 16.3 Å². The molecule has 2 N–H and O–H groups in total. The lowest BCUT2D eigenvalue weighted by molar-refractivity contribution is 0.573. The van der Waals surface area contributed by atoms with Crippen LogP contribution in [0, 0.1) is 0 Å². The fraction of sp³-hybridized carbons (Fsp3) is 0.538. The molecular weight excluding hydrogens is 314 g/mol. The molecule has 0 fully saturated rings. The molecule has 18 heavy (non-hydrogen) atoms. The fourth-order valence-corrected chi connectivity index (χ4v) is 3.17. The maximum atomic E-state index is 11.7. The highest BCUT2D eigenvalue weighted by Crippen LogP contribution is 2.14. The minimum atomic E-state index is -2.98. The van der Waals surface area contributed by atoms with E-state index in [4.69, 9.17) is 5.73 Å². The first kappa shape index (κ1) is 15.7. The highest BCUT2D eigenvalue weighted by atomic mass is 79.9. The normalized spacial score (nSPS) is 13.8. The van der Waals surface area contributed by atoms with Crippen molar-refractivity contribution in [2.75, 3.05) is 5.75 Å². The molecule has 0 aliphatic heterocycles. The van der Waals surface area contributed by atoms with E-state index in [9.17, 15) is 8.42 Å². The quantitative estimate of drug-likeness (QED) is 0.870. The fourth-order valence-electron chi connectivity index (χ4n) is 1.62. The predicted octanol–water partition coefficient (Wildman–Crippen LogP) is 2.53. The highest BCUT2D eigenvalue weighted by molar-refractivity contribution is 9.10. The van der Waals surface area contributed by atoms with Gasteiger partial charge in [-0.05, 0) is 44.4 Å². The van der Waals surface area contributed by atoms with Crippen molar-refractivity contribution >= 4 is 25.8 Å². The maximum Gasteiger partial charge on any atom is 0.152 e. The number of hydrogen-bond donors (Lipinski definition) is 1. The zero-order chi connectivity index (χ0) is 13.8. The molecule has 0 saturated carbocycles. The number of sulfone groups is 1. The summed E-state index contributed by atoms with van der Waals surface area (Å²) < 4.78 is 24.4. The van der Waals surface area contributed by atoms with E-state index in [2.05, 4.69) is 15.9 Å². The molecule has 0 aliphatic carbocycles. The highest BCUT2D eigenvalue weighted by Gasteiger charge is 2.17.